The van der Waals surface area contributed by atoms with Gasteiger partial charge in [0.15, 0.2) is 0 Å². The van der Waals surface area contributed by atoms with Crippen LogP contribution in [0.2, 0.25) is 5.02 Å². The zero-order valence-electron chi connectivity index (χ0n) is 15.4. The third-order valence-corrected chi connectivity index (χ3v) is 4.48. The number of rotatable bonds is 1. The number of benzene rings is 1. The van der Waals surface area contributed by atoms with Crippen LogP contribution in [-0.2, 0) is 14.1 Å². The van der Waals surface area contributed by atoms with Gasteiger partial charge in [0, 0.05) is 22.6 Å². The Morgan fingerprint density at radius 1 is 1.16 bits per heavy atom. The maximum Gasteiger partial charge on any atom is 1.00 e. The van der Waals surface area contributed by atoms with Gasteiger partial charge in [-0.2, -0.15) is 0 Å². The minimum atomic E-state index is -1.08. The summed E-state index contributed by atoms with van der Waals surface area (Å²) in [6.07, 6.45) is 1.76. The summed E-state index contributed by atoms with van der Waals surface area (Å²) in [7, 11) is -0.383. The molecule has 0 atom stereocenters. The molecular formula is C17H20BClKNO4. The van der Waals surface area contributed by atoms with Gasteiger partial charge >= 0.3 is 58.5 Å². The number of pyridine rings is 1. The summed E-state index contributed by atoms with van der Waals surface area (Å²) >= 11 is 6.02. The summed E-state index contributed by atoms with van der Waals surface area (Å²) in [6, 6.07) is 7.62. The number of aromatic nitrogens is 1. The van der Waals surface area contributed by atoms with Crippen molar-refractivity contribution in [1.82, 2.24) is 4.98 Å². The summed E-state index contributed by atoms with van der Waals surface area (Å²) in [4.78, 5) is 13.2. The van der Waals surface area contributed by atoms with Crippen LogP contribution in [0.15, 0.2) is 30.5 Å². The predicted octanol–water partition coefficient (Wildman–Crippen LogP) is -1.05. The Bertz CT molecular complexity index is 749. The Balaban J connectivity index is 0.000000568. The summed E-state index contributed by atoms with van der Waals surface area (Å²) < 4.78 is 12.2. The van der Waals surface area contributed by atoms with E-state index in [-0.39, 0.29) is 69.7 Å². The molecule has 8 heteroatoms. The van der Waals surface area contributed by atoms with Crippen LogP contribution in [-0.4, -0.2) is 29.3 Å². The van der Waals surface area contributed by atoms with Crippen LogP contribution in [0.3, 0.4) is 0 Å². The van der Waals surface area contributed by atoms with Gasteiger partial charge in [-0.05, 0) is 58.3 Å². The van der Waals surface area contributed by atoms with Crippen LogP contribution in [0, 0.1) is 0 Å². The number of hydrogen-bond acceptors (Lipinski definition) is 5. The van der Waals surface area contributed by atoms with E-state index < -0.39 is 5.97 Å². The van der Waals surface area contributed by atoms with Gasteiger partial charge in [0.2, 0.25) is 0 Å². The van der Waals surface area contributed by atoms with E-state index in [1.807, 2.05) is 52.0 Å². The fourth-order valence-electron chi connectivity index (χ4n) is 2.32. The van der Waals surface area contributed by atoms with Crippen molar-refractivity contribution in [2.24, 2.45) is 0 Å². The molecule has 1 aromatic heterocycles. The Kier molecular flexibility index (Phi) is 8.11. The maximum atomic E-state index is 8.89. The number of carbonyl (C=O) groups excluding carboxylic acids is 1. The first kappa shape index (κ1) is 23.1. The smallest absolute Gasteiger partial charge is 0.550 e. The third kappa shape index (κ3) is 5.50. The molecule has 0 saturated carbocycles. The Morgan fingerprint density at radius 2 is 1.68 bits per heavy atom. The minimum Gasteiger partial charge on any atom is -0.550 e. The van der Waals surface area contributed by atoms with Crippen molar-refractivity contribution >= 4 is 41.1 Å². The minimum absolute atomic E-state index is 0. The molecule has 0 unspecified atom stereocenters. The van der Waals surface area contributed by atoms with E-state index in [1.54, 1.807) is 6.20 Å². The third-order valence-electron chi connectivity index (χ3n) is 4.25. The molecule has 5 nitrogen and oxygen atoms in total. The van der Waals surface area contributed by atoms with Crippen LogP contribution in [0.1, 0.15) is 34.6 Å². The molecule has 0 spiro atoms. The molecule has 2 aromatic rings. The van der Waals surface area contributed by atoms with Crippen LogP contribution < -0.4 is 62.0 Å². The second-order valence-corrected chi connectivity index (χ2v) is 7.08. The first-order valence-electron chi connectivity index (χ1n) is 7.61. The molecule has 0 N–H and O–H groups in total. The van der Waals surface area contributed by atoms with Crippen LogP contribution >= 0.6 is 11.6 Å². The quantitative estimate of drug-likeness (QED) is 0.584. The van der Waals surface area contributed by atoms with Gasteiger partial charge in [-0.3, -0.25) is 4.98 Å². The van der Waals surface area contributed by atoms with Gasteiger partial charge in [-0.25, -0.2) is 0 Å². The number of carboxylic acids is 1. The monoisotopic (exact) mass is 387 g/mol. The Hall–Kier alpha value is 0.0113. The van der Waals surface area contributed by atoms with Crippen LogP contribution in [0.4, 0.5) is 0 Å². The molecule has 1 aromatic carbocycles. The molecule has 1 fully saturated rings. The molecule has 3 rings (SSSR count). The summed E-state index contributed by atoms with van der Waals surface area (Å²) in [6.45, 7) is 9.17. The van der Waals surface area contributed by atoms with E-state index in [2.05, 4.69) is 4.98 Å². The second kappa shape index (κ2) is 8.80. The van der Waals surface area contributed by atoms with Crippen molar-refractivity contribution in [3.63, 3.8) is 0 Å². The van der Waals surface area contributed by atoms with E-state index >= 15 is 0 Å². The van der Waals surface area contributed by atoms with E-state index in [1.165, 1.54) is 0 Å². The zero-order valence-corrected chi connectivity index (χ0v) is 19.3. The van der Waals surface area contributed by atoms with E-state index in [0.717, 1.165) is 23.3 Å². The average molecular weight is 388 g/mol. The van der Waals surface area contributed by atoms with Crippen LogP contribution in [0.5, 0.6) is 0 Å². The van der Waals surface area contributed by atoms with Gasteiger partial charge < -0.3 is 19.2 Å². The molecule has 1 aliphatic heterocycles. The number of carboxylic acid groups (broad SMARTS) is 1. The van der Waals surface area contributed by atoms with Crippen molar-refractivity contribution in [1.29, 1.82) is 0 Å². The van der Waals surface area contributed by atoms with E-state index in [4.69, 9.17) is 30.8 Å². The molecular weight excluding hydrogens is 368 g/mol. The standard InChI is InChI=1S/C15H17BClNO2.C2H4O2.K/c1-14(2)15(3,4)20-16(19-14)12-7-8-18-13-9-10(17)5-6-11(12)13;1-2(3)4;/h5-9H,1-4H3;1H3,(H,3,4);/q;;+1/p-1. The predicted molar refractivity (Wildman–Crippen MR) is 93.2 cm³/mol. The molecule has 25 heavy (non-hydrogen) atoms. The molecule has 2 heterocycles. The largest absolute Gasteiger partial charge is 1.00 e. The maximum absolute atomic E-state index is 8.89. The SMILES string of the molecule is CC(=O)[O-].CC1(C)OB(c2ccnc3cc(Cl)ccc23)OC1(C)C.[K+]. The van der Waals surface area contributed by atoms with Crippen LogP contribution in [0.25, 0.3) is 10.9 Å². The van der Waals surface area contributed by atoms with Gasteiger partial charge in [-0.15, -0.1) is 0 Å². The first-order valence-corrected chi connectivity index (χ1v) is 7.99. The number of carbonyl (C=O) groups is 1. The molecule has 1 saturated heterocycles. The van der Waals surface area contributed by atoms with Gasteiger partial charge in [0.1, 0.15) is 0 Å². The van der Waals surface area contributed by atoms with E-state index in [9.17, 15) is 0 Å². The zero-order chi connectivity index (χ0) is 18.1. The fourth-order valence-corrected chi connectivity index (χ4v) is 2.49. The topological polar surface area (TPSA) is 71.5 Å². The second-order valence-electron chi connectivity index (χ2n) is 6.64. The number of halogens is 1. The average Bonchev–Trinajstić information content (AvgIpc) is 2.65. The van der Waals surface area contributed by atoms with Crippen molar-refractivity contribution in [3.05, 3.63) is 35.5 Å². The molecule has 1 aliphatic rings. The molecule has 0 aliphatic carbocycles. The summed E-state index contributed by atoms with van der Waals surface area (Å²) in [5, 5.41) is 10.6. The fraction of sp³-hybridized carbons (Fsp3) is 0.412. The first-order chi connectivity index (χ1) is 11.0. The van der Waals surface area contributed by atoms with Gasteiger partial charge in [-0.1, -0.05) is 17.7 Å². The number of nitrogens with zero attached hydrogens (tertiary/aromatic N) is 1. The Labute approximate surface area is 196 Å². The number of hydrogen-bond donors (Lipinski definition) is 0. The summed E-state index contributed by atoms with van der Waals surface area (Å²) in [5.41, 5.74) is 1.15. The van der Waals surface area contributed by atoms with Gasteiger partial charge in [0.25, 0.3) is 0 Å². The van der Waals surface area contributed by atoms with Crippen molar-refractivity contribution in [2.45, 2.75) is 45.8 Å². The Morgan fingerprint density at radius 3 is 2.20 bits per heavy atom. The normalized spacial score (nSPS) is 17.4. The molecule has 0 radical (unpaired) electrons. The van der Waals surface area contributed by atoms with Crippen molar-refractivity contribution < 1.29 is 70.6 Å². The number of fused-ring (bicyclic) bond motifs is 1. The van der Waals surface area contributed by atoms with Gasteiger partial charge in [0.05, 0.1) is 16.7 Å². The summed E-state index contributed by atoms with van der Waals surface area (Å²) in [5.74, 6) is -1.08. The number of aliphatic carboxylic acids is 1. The van der Waals surface area contributed by atoms with Crippen molar-refractivity contribution in [2.75, 3.05) is 0 Å². The van der Waals surface area contributed by atoms with Crippen molar-refractivity contribution in [3.8, 4) is 0 Å². The molecule has 0 amide bonds. The van der Waals surface area contributed by atoms with E-state index in [0.29, 0.717) is 5.02 Å². The molecule has 0 bridgehead atoms. The molecule has 128 valence electrons.